The SMILES string of the molecule is CC(=O)OC[C@@H]1O[C@H](O[C@H]2[C@H](OC[C@H]3O[C@H](O)[C@@H](OCc4ccccc4)[C@H](OCc4ccccc4)[C@H]3OCc3ccccc3)O[C@@H](COCc3ccccc3)[C@@H](OCc3ccccc3)[C@@H]2OCc2ccccc2)[C@H](O[C@@H]2O[C@@H](COCc3ccccc3)[C@H](OCc3ccccc3)[C@H](OCc3ccccc3)[C@@H]2OCc2ccccc2)[C@@H](OCc2ccccc2)[C@@H]1OC(C)=O. The predicted molar refractivity (Wildman–Crippen MR) is 472 cm³/mol. The fourth-order valence-electron chi connectivity index (χ4n) is 16.1. The van der Waals surface area contributed by atoms with Crippen LogP contribution in [0.2, 0.25) is 0 Å². The molecule has 4 aliphatic rings. The van der Waals surface area contributed by atoms with Gasteiger partial charge in [0.25, 0.3) is 0 Å². The van der Waals surface area contributed by atoms with Crippen molar-refractivity contribution in [2.24, 2.45) is 0 Å². The van der Waals surface area contributed by atoms with Crippen LogP contribution in [0.5, 0.6) is 0 Å². The summed E-state index contributed by atoms with van der Waals surface area (Å²) in [5.41, 5.74) is 9.21. The summed E-state index contributed by atoms with van der Waals surface area (Å²) >= 11 is 0. The molecule has 15 rings (SSSR count). The minimum atomic E-state index is -1.76. The van der Waals surface area contributed by atoms with E-state index in [1.165, 1.54) is 13.8 Å². The summed E-state index contributed by atoms with van der Waals surface area (Å²) < 4.78 is 144. The molecule has 11 aromatic carbocycles. The molecule has 0 bridgehead atoms. The molecule has 0 radical (unpaired) electrons. The first-order valence-electron chi connectivity index (χ1n) is 43.7. The maximum Gasteiger partial charge on any atom is 0.303 e. The van der Waals surface area contributed by atoms with E-state index in [0.717, 1.165) is 61.2 Å². The summed E-state index contributed by atoms with van der Waals surface area (Å²) in [5, 5.41) is 12.7. The summed E-state index contributed by atoms with van der Waals surface area (Å²) in [6, 6.07) is 107. The Hall–Kier alpha value is -10.4. The molecule has 670 valence electrons. The van der Waals surface area contributed by atoms with Gasteiger partial charge in [0.15, 0.2) is 31.3 Å². The lowest BCUT2D eigenvalue weighted by atomic mass is 9.95. The number of aliphatic hydroxyl groups is 1. The summed E-state index contributed by atoms with van der Waals surface area (Å²) in [4.78, 5) is 27.6. The minimum absolute atomic E-state index is 0.0106. The summed E-state index contributed by atoms with van der Waals surface area (Å²) in [5.74, 6) is -1.40. The second-order valence-electron chi connectivity index (χ2n) is 32.0. The molecule has 23 nitrogen and oxygen atoms in total. The zero-order valence-electron chi connectivity index (χ0n) is 71.8. The van der Waals surface area contributed by atoms with Crippen molar-refractivity contribution in [3.63, 3.8) is 0 Å². The second-order valence-corrected chi connectivity index (χ2v) is 32.0. The van der Waals surface area contributed by atoms with E-state index in [0.29, 0.717) is 0 Å². The highest BCUT2D eigenvalue weighted by Crippen LogP contribution is 2.41. The maximum atomic E-state index is 14.2. The van der Waals surface area contributed by atoms with Crippen molar-refractivity contribution in [1.82, 2.24) is 0 Å². The predicted octanol–water partition coefficient (Wildman–Crippen LogP) is 15.9. The number of rotatable bonds is 45. The van der Waals surface area contributed by atoms with E-state index >= 15 is 0 Å². The Balaban J connectivity index is 0.886. The number of hydrogen-bond donors (Lipinski definition) is 1. The van der Waals surface area contributed by atoms with E-state index in [4.69, 9.17) is 94.7 Å². The lowest BCUT2D eigenvalue weighted by Crippen LogP contribution is -2.68. The zero-order valence-corrected chi connectivity index (χ0v) is 71.8. The number of aliphatic hydroxyl groups excluding tert-OH is 1. The quantitative estimate of drug-likeness (QED) is 0.0349. The van der Waals surface area contributed by atoms with Gasteiger partial charge in [-0.1, -0.05) is 334 Å². The molecule has 0 unspecified atom stereocenters. The first-order valence-corrected chi connectivity index (χ1v) is 43.7. The van der Waals surface area contributed by atoms with Crippen LogP contribution in [-0.2, 0) is 177 Å². The molecule has 1 N–H and O–H groups in total. The van der Waals surface area contributed by atoms with Crippen LogP contribution >= 0.6 is 0 Å². The average molecular weight is 1740 g/mol. The minimum Gasteiger partial charge on any atom is -0.463 e. The zero-order chi connectivity index (χ0) is 87.7. The van der Waals surface area contributed by atoms with E-state index in [1.807, 2.05) is 334 Å². The molecule has 20 atom stereocenters. The van der Waals surface area contributed by atoms with Gasteiger partial charge in [0.1, 0.15) is 98.2 Å². The van der Waals surface area contributed by atoms with E-state index in [2.05, 4.69) is 0 Å². The topological polar surface area (TPSA) is 239 Å². The first-order chi connectivity index (χ1) is 63.0. The van der Waals surface area contributed by atoms with Crippen LogP contribution < -0.4 is 0 Å². The van der Waals surface area contributed by atoms with E-state index < -0.39 is 148 Å². The molecule has 4 aliphatic heterocycles. The number of carbonyl (C=O) groups is 2. The number of benzene rings is 11. The fourth-order valence-corrected chi connectivity index (χ4v) is 16.1. The molecule has 0 amide bonds. The Bertz CT molecular complexity index is 4960. The van der Waals surface area contributed by atoms with Gasteiger partial charge >= 0.3 is 11.9 Å². The molecule has 0 spiro atoms. The third kappa shape index (κ3) is 27.1. The largest absolute Gasteiger partial charge is 0.463 e. The monoisotopic (exact) mass is 1740 g/mol. The number of carbonyl (C=O) groups excluding carboxylic acids is 2. The number of hydrogen-bond acceptors (Lipinski definition) is 23. The lowest BCUT2D eigenvalue weighted by Gasteiger charge is -2.52. The van der Waals surface area contributed by atoms with Crippen LogP contribution in [0.1, 0.15) is 75.0 Å². The van der Waals surface area contributed by atoms with Gasteiger partial charge in [0.2, 0.25) is 0 Å². The van der Waals surface area contributed by atoms with Crippen LogP contribution in [0.4, 0.5) is 0 Å². The van der Waals surface area contributed by atoms with Crippen molar-refractivity contribution in [1.29, 1.82) is 0 Å². The van der Waals surface area contributed by atoms with Crippen molar-refractivity contribution in [3.8, 4) is 0 Å². The van der Waals surface area contributed by atoms with Crippen LogP contribution in [0, 0.1) is 0 Å². The van der Waals surface area contributed by atoms with Crippen LogP contribution in [-0.4, -0.2) is 166 Å². The van der Waals surface area contributed by atoms with E-state index in [9.17, 15) is 14.7 Å². The van der Waals surface area contributed by atoms with Crippen LogP contribution in [0.25, 0.3) is 0 Å². The highest BCUT2D eigenvalue weighted by molar-refractivity contribution is 5.67. The fraction of sp³-hybridized carbons (Fsp3) is 0.352. The third-order valence-corrected chi connectivity index (χ3v) is 22.5. The van der Waals surface area contributed by atoms with Gasteiger partial charge < -0.3 is 99.8 Å². The second kappa shape index (κ2) is 48.8. The van der Waals surface area contributed by atoms with E-state index in [-0.39, 0.29) is 85.9 Å². The van der Waals surface area contributed by atoms with Crippen LogP contribution in [0.15, 0.2) is 334 Å². The van der Waals surface area contributed by atoms with Crippen molar-refractivity contribution in [2.45, 2.75) is 209 Å². The van der Waals surface area contributed by atoms with Crippen LogP contribution in [0.3, 0.4) is 0 Å². The Labute approximate surface area is 748 Å². The molecular weight excluding hydrogens is 1630 g/mol. The highest BCUT2D eigenvalue weighted by atomic mass is 16.8. The average Bonchev–Trinajstić information content (AvgIpc) is 0.758. The Morgan fingerprint density at radius 3 is 0.758 bits per heavy atom. The molecule has 0 aromatic heterocycles. The molecule has 0 saturated carbocycles. The standard InChI is InChI=1S/C105H112O23/c1-73(106)111-71-89-93(122-74(2)107)97(118-66-83-52-30-11-31-53-83)101(128-104-99(120-68-85-56-34-13-35-57-85)95(116-64-81-48-26-9-27-49-81)90(112-60-77-40-18-5-19-41-77)87(125-104)70-110-59-76-38-16-4-17-39-76)105(126-89)127-100-96(117-65-82-50-28-10-29-51-82)91(113-61-78-42-20-6-21-43-78)86(69-109-58-75-36-14-3-15-37-75)124-103(100)121-72-88-92(114-62-79-44-22-7-23-45-79)94(115-63-80-46-24-8-25-47-80)98(102(108)123-88)119-67-84-54-32-12-33-55-84/h3-57,86-105,108H,58-72H2,1-2H3/t86-,87-,88+,89-,90-,91+,92-,93+,94+,95-,96-,97-,98-,99-,100+,101+,102-,103+,104-,105+/m0/s1. The maximum absolute atomic E-state index is 14.2. The molecule has 4 fully saturated rings. The van der Waals surface area contributed by atoms with Gasteiger partial charge in [-0.3, -0.25) is 9.59 Å². The van der Waals surface area contributed by atoms with Gasteiger partial charge in [-0.05, 0) is 61.2 Å². The smallest absolute Gasteiger partial charge is 0.303 e. The molecule has 0 aliphatic carbocycles. The van der Waals surface area contributed by atoms with Gasteiger partial charge in [-0.15, -0.1) is 0 Å². The summed E-state index contributed by atoms with van der Waals surface area (Å²) in [7, 11) is 0. The van der Waals surface area contributed by atoms with Crippen molar-refractivity contribution in [3.05, 3.63) is 395 Å². The summed E-state index contributed by atoms with van der Waals surface area (Å²) in [6.07, 6.45) is -25.9. The number of ether oxygens (including phenoxy) is 20. The first kappa shape index (κ1) is 92.3. The molecule has 128 heavy (non-hydrogen) atoms. The lowest BCUT2D eigenvalue weighted by molar-refractivity contribution is -0.405. The van der Waals surface area contributed by atoms with Crippen molar-refractivity contribution < 1.29 is 109 Å². The molecule has 23 heteroatoms. The summed E-state index contributed by atoms with van der Waals surface area (Å²) in [6.45, 7) is 2.20. The van der Waals surface area contributed by atoms with Crippen molar-refractivity contribution >= 4 is 11.9 Å². The molecule has 4 heterocycles. The number of esters is 2. The Morgan fingerprint density at radius 2 is 0.453 bits per heavy atom. The van der Waals surface area contributed by atoms with E-state index in [1.54, 1.807) is 0 Å². The Morgan fingerprint density at radius 1 is 0.227 bits per heavy atom. The van der Waals surface area contributed by atoms with Gasteiger partial charge in [-0.2, -0.15) is 0 Å². The van der Waals surface area contributed by atoms with Gasteiger partial charge in [0.05, 0.1) is 92.5 Å². The molecular formula is C105H112O23. The van der Waals surface area contributed by atoms with Gasteiger partial charge in [-0.25, -0.2) is 0 Å². The third-order valence-electron chi connectivity index (χ3n) is 22.5. The van der Waals surface area contributed by atoms with Crippen molar-refractivity contribution in [2.75, 3.05) is 26.4 Å². The molecule has 4 saturated heterocycles. The van der Waals surface area contributed by atoms with Gasteiger partial charge in [0, 0.05) is 13.8 Å². The Kier molecular flexibility index (Phi) is 35.2. The normalized spacial score (nSPS) is 25.8. The molecule has 11 aromatic rings. The highest BCUT2D eigenvalue weighted by Gasteiger charge is 2.59.